The van der Waals surface area contributed by atoms with Crippen LogP contribution in [-0.2, 0) is 35.0 Å². The summed E-state index contributed by atoms with van der Waals surface area (Å²) in [6.45, 7) is 2.42. The number of carbonyl (C=O) groups is 2. The minimum absolute atomic E-state index is 0.0872. The number of hydrogen-bond donors (Lipinski definition) is 1. The number of esters is 2. The highest BCUT2D eigenvalue weighted by Gasteiger charge is 2.45. The van der Waals surface area contributed by atoms with E-state index in [1.807, 2.05) is 43.3 Å². The van der Waals surface area contributed by atoms with Gasteiger partial charge in [0.2, 0.25) is 6.29 Å². The molecule has 0 fully saturated rings. The summed E-state index contributed by atoms with van der Waals surface area (Å²) in [5, 5.41) is 0. The Morgan fingerprint density at radius 2 is 2.03 bits per heavy atom. The van der Waals surface area contributed by atoms with Gasteiger partial charge in [0.1, 0.15) is 12.6 Å². The molecule has 1 aromatic carbocycles. The van der Waals surface area contributed by atoms with Gasteiger partial charge < -0.3 is 24.7 Å². The van der Waals surface area contributed by atoms with Gasteiger partial charge in [-0.3, -0.25) is 4.79 Å². The molecule has 0 radical (unpaired) electrons. The highest BCUT2D eigenvalue weighted by molar-refractivity contribution is 5.89. The maximum Gasteiger partial charge on any atom is 0.337 e. The van der Waals surface area contributed by atoms with Crippen molar-refractivity contribution in [3.63, 3.8) is 0 Å². The monoisotopic (exact) mass is 401 g/mol. The average Bonchev–Trinajstić information content (AvgIpc) is 3.17. The van der Waals surface area contributed by atoms with Crippen LogP contribution in [0.1, 0.15) is 18.9 Å². The Labute approximate surface area is 170 Å². The molecule has 2 N–H and O–H groups in total. The summed E-state index contributed by atoms with van der Waals surface area (Å²) >= 11 is 0. The van der Waals surface area contributed by atoms with Gasteiger partial charge in [-0.25, -0.2) is 4.79 Å². The van der Waals surface area contributed by atoms with Gasteiger partial charge in [-0.1, -0.05) is 36.4 Å². The van der Waals surface area contributed by atoms with Crippen LogP contribution in [0, 0.1) is 11.8 Å². The minimum atomic E-state index is -0.744. The Bertz CT molecular complexity index is 788. The van der Waals surface area contributed by atoms with Crippen molar-refractivity contribution in [2.75, 3.05) is 20.3 Å². The van der Waals surface area contributed by atoms with Gasteiger partial charge in [0.05, 0.1) is 24.9 Å². The summed E-state index contributed by atoms with van der Waals surface area (Å²) in [6.07, 6.45) is 3.89. The molecule has 1 aromatic rings. The second-order valence-electron chi connectivity index (χ2n) is 7.08. The van der Waals surface area contributed by atoms with E-state index in [2.05, 4.69) is 0 Å². The zero-order chi connectivity index (χ0) is 20.8. The van der Waals surface area contributed by atoms with Crippen LogP contribution in [0.2, 0.25) is 0 Å². The Morgan fingerprint density at radius 1 is 1.28 bits per heavy atom. The lowest BCUT2D eigenvalue weighted by molar-refractivity contribution is -0.156. The number of nitrogens with two attached hydrogens (primary N) is 1. The molecule has 1 aliphatic carbocycles. The maximum absolute atomic E-state index is 12.4. The van der Waals surface area contributed by atoms with Crippen LogP contribution in [0.15, 0.2) is 53.8 Å². The predicted octanol–water partition coefficient (Wildman–Crippen LogP) is 2.11. The van der Waals surface area contributed by atoms with E-state index in [9.17, 15) is 9.59 Å². The van der Waals surface area contributed by atoms with E-state index in [0.29, 0.717) is 25.0 Å². The van der Waals surface area contributed by atoms with Gasteiger partial charge in [0.15, 0.2) is 0 Å². The van der Waals surface area contributed by atoms with Crippen LogP contribution >= 0.6 is 0 Å². The molecule has 0 unspecified atom stereocenters. The quantitative estimate of drug-likeness (QED) is 0.526. The number of fused-ring (bicyclic) bond motifs is 1. The molecule has 156 valence electrons. The van der Waals surface area contributed by atoms with Crippen LogP contribution in [0.3, 0.4) is 0 Å². The highest BCUT2D eigenvalue weighted by atomic mass is 16.7. The molecule has 0 saturated carbocycles. The molecule has 4 atom stereocenters. The number of rotatable bonds is 8. The van der Waals surface area contributed by atoms with E-state index in [1.165, 1.54) is 13.4 Å². The lowest BCUT2D eigenvalue weighted by Gasteiger charge is -2.34. The fourth-order valence-corrected chi connectivity index (χ4v) is 3.81. The van der Waals surface area contributed by atoms with Crippen molar-refractivity contribution in [3.05, 3.63) is 59.4 Å². The fourth-order valence-electron chi connectivity index (χ4n) is 3.81. The smallest absolute Gasteiger partial charge is 0.337 e. The predicted molar refractivity (Wildman–Crippen MR) is 105 cm³/mol. The molecular formula is C22H27NO6. The van der Waals surface area contributed by atoms with Gasteiger partial charge >= 0.3 is 11.9 Å². The molecule has 0 bridgehead atoms. The van der Waals surface area contributed by atoms with Crippen molar-refractivity contribution in [3.8, 4) is 0 Å². The Kier molecular flexibility index (Phi) is 7.06. The van der Waals surface area contributed by atoms with E-state index in [0.717, 1.165) is 11.1 Å². The number of allylic oxidation sites excluding steroid dienone is 1. The number of carbonyl (C=O) groups excluding carboxylic acids is 2. The van der Waals surface area contributed by atoms with Crippen molar-refractivity contribution >= 4 is 11.9 Å². The van der Waals surface area contributed by atoms with Gasteiger partial charge in [0, 0.05) is 12.5 Å². The lowest BCUT2D eigenvalue weighted by atomic mass is 9.83. The van der Waals surface area contributed by atoms with Crippen molar-refractivity contribution in [2.45, 2.75) is 32.1 Å². The Hall–Kier alpha value is -2.64. The molecule has 7 nitrogen and oxygen atoms in total. The van der Waals surface area contributed by atoms with Gasteiger partial charge in [-0.15, -0.1) is 0 Å². The van der Waals surface area contributed by atoms with Crippen molar-refractivity contribution < 1.29 is 28.5 Å². The minimum Gasteiger partial charge on any atom is -0.471 e. The van der Waals surface area contributed by atoms with E-state index in [1.54, 1.807) is 0 Å². The first-order chi connectivity index (χ1) is 14.0. The third-order valence-electron chi connectivity index (χ3n) is 5.25. The summed E-state index contributed by atoms with van der Waals surface area (Å²) < 4.78 is 21.7. The molecule has 0 saturated heterocycles. The molecular weight excluding hydrogens is 374 g/mol. The van der Waals surface area contributed by atoms with Crippen molar-refractivity contribution in [1.82, 2.24) is 0 Å². The summed E-state index contributed by atoms with van der Waals surface area (Å²) in [5.74, 6) is -1.23. The molecule has 0 amide bonds. The molecule has 2 aliphatic rings. The van der Waals surface area contributed by atoms with E-state index in [4.69, 9.17) is 24.7 Å². The number of ether oxygens (including phenoxy) is 4. The van der Waals surface area contributed by atoms with Gasteiger partial charge in [-0.2, -0.15) is 0 Å². The summed E-state index contributed by atoms with van der Waals surface area (Å²) in [6, 6.07) is 8.81. The molecule has 0 spiro atoms. The second-order valence-corrected chi connectivity index (χ2v) is 7.08. The number of methoxy groups -OCH3 is 1. The first kappa shape index (κ1) is 21.1. The summed E-state index contributed by atoms with van der Waals surface area (Å²) in [7, 11) is 1.34. The first-order valence-electron chi connectivity index (χ1n) is 9.75. The topological polar surface area (TPSA) is 97.1 Å². The molecule has 29 heavy (non-hydrogen) atoms. The summed E-state index contributed by atoms with van der Waals surface area (Å²) in [4.78, 5) is 24.4. The summed E-state index contributed by atoms with van der Waals surface area (Å²) in [5.41, 5.74) is 8.31. The van der Waals surface area contributed by atoms with Gasteiger partial charge in [0.25, 0.3) is 0 Å². The third kappa shape index (κ3) is 4.86. The SMILES string of the molecule is CCO[C@@H]1OC=C(C(=O)OC)[C@H]2CC=C(COC(=O)[C@@H](N)Cc3ccccc3)[C@@H]12. The highest BCUT2D eigenvalue weighted by Crippen LogP contribution is 2.43. The van der Waals surface area contributed by atoms with Crippen molar-refractivity contribution in [1.29, 1.82) is 0 Å². The zero-order valence-corrected chi connectivity index (χ0v) is 16.7. The van der Waals surface area contributed by atoms with E-state index >= 15 is 0 Å². The van der Waals surface area contributed by atoms with Crippen LogP contribution in [-0.4, -0.2) is 44.6 Å². The van der Waals surface area contributed by atoms with E-state index < -0.39 is 24.3 Å². The van der Waals surface area contributed by atoms with Crippen molar-refractivity contribution in [2.24, 2.45) is 17.6 Å². The third-order valence-corrected chi connectivity index (χ3v) is 5.25. The van der Waals surface area contributed by atoms with Crippen LogP contribution < -0.4 is 5.73 Å². The molecule has 3 rings (SSSR count). The molecule has 1 heterocycles. The first-order valence-corrected chi connectivity index (χ1v) is 9.75. The zero-order valence-electron chi connectivity index (χ0n) is 16.7. The normalized spacial score (nSPS) is 23.9. The Balaban J connectivity index is 1.62. The number of benzene rings is 1. The van der Waals surface area contributed by atoms with Crippen LogP contribution in [0.4, 0.5) is 0 Å². The lowest BCUT2D eigenvalue weighted by Crippen LogP contribution is -2.39. The van der Waals surface area contributed by atoms with E-state index in [-0.39, 0.29) is 18.4 Å². The average molecular weight is 401 g/mol. The standard InChI is InChI=1S/C22H27NO6/c1-3-27-22-19-15(9-10-16(19)17(13-29-22)20(24)26-2)12-28-21(25)18(23)11-14-7-5-4-6-8-14/h4-9,13,16,18-19,22H,3,10-12,23H2,1-2H3/t16-,18+,19-,22-/m1/s1. The Morgan fingerprint density at radius 3 is 2.72 bits per heavy atom. The van der Waals surface area contributed by atoms with Crippen LogP contribution in [0.5, 0.6) is 0 Å². The van der Waals surface area contributed by atoms with Gasteiger partial charge in [-0.05, 0) is 30.9 Å². The number of hydrogen-bond acceptors (Lipinski definition) is 7. The molecule has 7 heteroatoms. The second kappa shape index (κ2) is 9.71. The van der Waals surface area contributed by atoms with Crippen LogP contribution in [0.25, 0.3) is 0 Å². The largest absolute Gasteiger partial charge is 0.471 e. The fraction of sp³-hybridized carbons (Fsp3) is 0.455. The molecule has 0 aromatic heterocycles. The maximum atomic E-state index is 12.4. The molecule has 1 aliphatic heterocycles.